The van der Waals surface area contributed by atoms with Crippen molar-refractivity contribution >= 4 is 15.9 Å². The van der Waals surface area contributed by atoms with Crippen molar-refractivity contribution < 1.29 is 0 Å². The monoisotopic (exact) mass is 330 g/mol. The van der Waals surface area contributed by atoms with E-state index in [1.807, 2.05) is 0 Å². The molecule has 0 aliphatic carbocycles. The minimum atomic E-state index is 0.657. The zero-order valence-electron chi connectivity index (χ0n) is 12.4. The lowest BCUT2D eigenvalue weighted by atomic mass is 9.93. The highest BCUT2D eigenvalue weighted by atomic mass is 79.9. The molecule has 0 saturated carbocycles. The number of hydrogen-bond acceptors (Lipinski definition) is 0. The van der Waals surface area contributed by atoms with Crippen molar-refractivity contribution in [1.82, 2.24) is 0 Å². The summed E-state index contributed by atoms with van der Waals surface area (Å²) in [6.45, 7) is 4.37. The maximum Gasteiger partial charge on any atom is 0.00660 e. The van der Waals surface area contributed by atoms with Gasteiger partial charge in [-0.3, -0.25) is 0 Å². The van der Waals surface area contributed by atoms with Crippen molar-refractivity contribution in [3.8, 4) is 0 Å². The quantitative estimate of drug-likeness (QED) is 0.626. The maximum atomic E-state index is 3.68. The van der Waals surface area contributed by atoms with Crippen molar-refractivity contribution in [2.45, 2.75) is 33.1 Å². The Morgan fingerprint density at radius 3 is 2.15 bits per heavy atom. The van der Waals surface area contributed by atoms with Gasteiger partial charge >= 0.3 is 0 Å². The molecule has 2 aromatic rings. The summed E-state index contributed by atoms with van der Waals surface area (Å²) in [6.07, 6.45) is 3.40. The van der Waals surface area contributed by atoms with E-state index in [0.29, 0.717) is 5.92 Å². The molecular weight excluding hydrogens is 308 g/mol. The molecule has 0 amide bonds. The van der Waals surface area contributed by atoms with Crippen LogP contribution in [-0.2, 0) is 19.3 Å². The Morgan fingerprint density at radius 1 is 0.900 bits per heavy atom. The van der Waals surface area contributed by atoms with Crippen molar-refractivity contribution in [3.63, 3.8) is 0 Å². The van der Waals surface area contributed by atoms with Gasteiger partial charge in [0, 0.05) is 5.33 Å². The average Bonchev–Trinajstić information content (AvgIpc) is 2.47. The lowest BCUT2D eigenvalue weighted by molar-refractivity contribution is 0.591. The van der Waals surface area contributed by atoms with Gasteiger partial charge in [-0.1, -0.05) is 76.9 Å². The van der Waals surface area contributed by atoms with Crippen LogP contribution in [0.1, 0.15) is 29.2 Å². The van der Waals surface area contributed by atoms with Crippen molar-refractivity contribution in [2.24, 2.45) is 5.92 Å². The molecule has 0 N–H and O–H groups in total. The number of rotatable bonds is 6. The van der Waals surface area contributed by atoms with Gasteiger partial charge in [0.15, 0.2) is 0 Å². The van der Waals surface area contributed by atoms with E-state index in [1.54, 1.807) is 0 Å². The van der Waals surface area contributed by atoms with E-state index in [9.17, 15) is 0 Å². The van der Waals surface area contributed by atoms with E-state index >= 15 is 0 Å². The van der Waals surface area contributed by atoms with Crippen LogP contribution < -0.4 is 0 Å². The number of hydrogen-bond donors (Lipinski definition) is 0. The summed E-state index contributed by atoms with van der Waals surface area (Å²) in [5.41, 5.74) is 5.66. The first-order valence-electron chi connectivity index (χ1n) is 7.40. The Kier molecular flexibility index (Phi) is 5.85. The Bertz CT molecular complexity index is 528. The second kappa shape index (κ2) is 7.64. The molecular formula is C19H23Br. The second-order valence-corrected chi connectivity index (χ2v) is 6.24. The van der Waals surface area contributed by atoms with E-state index in [0.717, 1.165) is 24.6 Å². The summed E-state index contributed by atoms with van der Waals surface area (Å²) in [7, 11) is 0. The number of benzene rings is 2. The minimum absolute atomic E-state index is 0.657. The first-order chi connectivity index (χ1) is 9.71. The first-order valence-corrected chi connectivity index (χ1v) is 8.52. The molecule has 0 aliphatic rings. The summed E-state index contributed by atoms with van der Waals surface area (Å²) < 4.78 is 0. The highest BCUT2D eigenvalue weighted by Gasteiger charge is 2.09. The van der Waals surface area contributed by atoms with Crippen molar-refractivity contribution in [1.29, 1.82) is 0 Å². The van der Waals surface area contributed by atoms with Gasteiger partial charge in [0.1, 0.15) is 0 Å². The fourth-order valence-electron chi connectivity index (χ4n) is 2.60. The molecule has 2 rings (SSSR count). The van der Waals surface area contributed by atoms with Crippen LogP contribution in [0.25, 0.3) is 0 Å². The molecule has 1 unspecified atom stereocenters. The molecule has 1 atom stereocenters. The summed E-state index contributed by atoms with van der Waals surface area (Å²) >= 11 is 3.68. The van der Waals surface area contributed by atoms with Gasteiger partial charge in [-0.15, -0.1) is 0 Å². The van der Waals surface area contributed by atoms with Crippen LogP contribution in [0.15, 0.2) is 48.5 Å². The molecule has 106 valence electrons. The smallest absolute Gasteiger partial charge is 0.00660 e. The van der Waals surface area contributed by atoms with Crippen LogP contribution in [0.2, 0.25) is 0 Å². The Labute approximate surface area is 131 Å². The molecule has 0 fully saturated rings. The SMILES string of the molecule is CCc1ccc(CC(CBr)Cc2cccc(C)c2)cc1. The molecule has 20 heavy (non-hydrogen) atoms. The van der Waals surface area contributed by atoms with Gasteiger partial charge in [-0.25, -0.2) is 0 Å². The molecule has 0 saturated heterocycles. The Balaban J connectivity index is 2.01. The molecule has 2 aromatic carbocycles. The average molecular weight is 331 g/mol. The molecule has 1 heteroatoms. The lowest BCUT2D eigenvalue weighted by Gasteiger charge is -2.15. The fourth-order valence-corrected chi connectivity index (χ4v) is 3.06. The Morgan fingerprint density at radius 2 is 1.55 bits per heavy atom. The highest BCUT2D eigenvalue weighted by Crippen LogP contribution is 2.18. The highest BCUT2D eigenvalue weighted by molar-refractivity contribution is 9.09. The van der Waals surface area contributed by atoms with Crippen LogP contribution >= 0.6 is 15.9 Å². The summed E-state index contributed by atoms with van der Waals surface area (Å²) in [4.78, 5) is 0. The van der Waals surface area contributed by atoms with E-state index in [1.165, 1.54) is 22.3 Å². The topological polar surface area (TPSA) is 0 Å². The first kappa shape index (κ1) is 15.3. The largest absolute Gasteiger partial charge is 0.0925 e. The molecule has 0 radical (unpaired) electrons. The predicted molar refractivity (Wildman–Crippen MR) is 91.7 cm³/mol. The van der Waals surface area contributed by atoms with Crippen molar-refractivity contribution in [3.05, 3.63) is 70.8 Å². The van der Waals surface area contributed by atoms with Crippen LogP contribution in [0, 0.1) is 12.8 Å². The van der Waals surface area contributed by atoms with Gasteiger partial charge in [-0.05, 0) is 48.8 Å². The summed E-state index contributed by atoms with van der Waals surface area (Å²) in [5.74, 6) is 0.657. The van der Waals surface area contributed by atoms with Gasteiger partial charge < -0.3 is 0 Å². The molecule has 0 spiro atoms. The second-order valence-electron chi connectivity index (χ2n) is 5.59. The molecule has 0 aromatic heterocycles. The molecule has 0 heterocycles. The third kappa shape index (κ3) is 4.49. The van der Waals surface area contributed by atoms with Crippen LogP contribution in [0.4, 0.5) is 0 Å². The minimum Gasteiger partial charge on any atom is -0.0925 e. The van der Waals surface area contributed by atoms with E-state index < -0.39 is 0 Å². The van der Waals surface area contributed by atoms with Crippen LogP contribution in [0.3, 0.4) is 0 Å². The van der Waals surface area contributed by atoms with Crippen LogP contribution in [-0.4, -0.2) is 5.33 Å². The zero-order valence-corrected chi connectivity index (χ0v) is 14.0. The standard InChI is InChI=1S/C19H23Br/c1-3-16-7-9-17(10-8-16)12-19(14-20)13-18-6-4-5-15(2)11-18/h4-11,19H,3,12-14H2,1-2H3. The Hall–Kier alpha value is -1.08. The lowest BCUT2D eigenvalue weighted by Crippen LogP contribution is -2.10. The van der Waals surface area contributed by atoms with E-state index in [2.05, 4.69) is 78.3 Å². The van der Waals surface area contributed by atoms with Crippen LogP contribution in [0.5, 0.6) is 0 Å². The summed E-state index contributed by atoms with van der Waals surface area (Å²) in [6, 6.07) is 17.9. The van der Waals surface area contributed by atoms with Gasteiger partial charge in [0.05, 0.1) is 0 Å². The van der Waals surface area contributed by atoms with E-state index in [4.69, 9.17) is 0 Å². The van der Waals surface area contributed by atoms with Gasteiger partial charge in [-0.2, -0.15) is 0 Å². The van der Waals surface area contributed by atoms with Gasteiger partial charge in [0.2, 0.25) is 0 Å². The number of halogens is 1. The number of alkyl halides is 1. The fraction of sp³-hybridized carbons (Fsp3) is 0.368. The number of aryl methyl sites for hydroxylation is 2. The molecule has 0 aliphatic heterocycles. The molecule has 0 bridgehead atoms. The maximum absolute atomic E-state index is 3.68. The van der Waals surface area contributed by atoms with Crippen molar-refractivity contribution in [2.75, 3.05) is 5.33 Å². The van der Waals surface area contributed by atoms with Gasteiger partial charge in [0.25, 0.3) is 0 Å². The predicted octanol–water partition coefficient (Wildman–Crippen LogP) is 5.35. The molecule has 0 nitrogen and oxygen atoms in total. The third-order valence-electron chi connectivity index (χ3n) is 3.78. The third-order valence-corrected chi connectivity index (χ3v) is 4.70. The van der Waals surface area contributed by atoms with E-state index in [-0.39, 0.29) is 0 Å². The summed E-state index contributed by atoms with van der Waals surface area (Å²) in [5, 5.41) is 1.05. The normalized spacial score (nSPS) is 12.3. The zero-order chi connectivity index (χ0) is 14.4.